The molecule has 0 saturated carbocycles. The van der Waals surface area contributed by atoms with Crippen molar-refractivity contribution in [3.63, 3.8) is 0 Å². The highest BCUT2D eigenvalue weighted by atomic mass is 35.5. The van der Waals surface area contributed by atoms with E-state index in [1.54, 1.807) is 13.4 Å². The van der Waals surface area contributed by atoms with Gasteiger partial charge in [-0.05, 0) is 18.2 Å². The Labute approximate surface area is 173 Å². The van der Waals surface area contributed by atoms with Crippen LogP contribution in [0.3, 0.4) is 0 Å². The van der Waals surface area contributed by atoms with Gasteiger partial charge in [-0.2, -0.15) is 0 Å². The average Bonchev–Trinajstić information content (AvgIpc) is 2.71. The summed E-state index contributed by atoms with van der Waals surface area (Å²) in [6.07, 6.45) is 4.22. The van der Waals surface area contributed by atoms with E-state index in [-0.39, 0.29) is 16.6 Å². The molecule has 2 amide bonds. The summed E-state index contributed by atoms with van der Waals surface area (Å²) in [6.45, 7) is 1.00. The fourth-order valence-corrected chi connectivity index (χ4v) is 2.96. The maximum atomic E-state index is 12.7. The van der Waals surface area contributed by atoms with Crippen LogP contribution in [-0.4, -0.2) is 54.3 Å². The maximum Gasteiger partial charge on any atom is 0.272 e. The van der Waals surface area contributed by atoms with E-state index in [9.17, 15) is 9.59 Å². The van der Waals surface area contributed by atoms with Crippen LogP contribution in [0.4, 0.5) is 0 Å². The van der Waals surface area contributed by atoms with Crippen molar-refractivity contribution in [2.75, 3.05) is 26.5 Å². The van der Waals surface area contributed by atoms with Crippen LogP contribution in [0.25, 0.3) is 0 Å². The quantitative estimate of drug-likeness (QED) is 0.347. The van der Waals surface area contributed by atoms with E-state index in [4.69, 9.17) is 16.3 Å². The molecule has 7 nitrogen and oxygen atoms in total. The summed E-state index contributed by atoms with van der Waals surface area (Å²) in [5.41, 5.74) is 0.977. The van der Waals surface area contributed by atoms with Gasteiger partial charge in [0.2, 0.25) is 5.91 Å². The molecule has 28 heavy (non-hydrogen) atoms. The topological polar surface area (TPSA) is 93.2 Å². The molecule has 9 heteroatoms. The lowest BCUT2D eigenvalue weighted by molar-refractivity contribution is -0.123. The molecule has 0 unspecified atom stereocenters. The number of hydrogen-bond donors (Lipinski definition) is 2. The van der Waals surface area contributed by atoms with Crippen LogP contribution in [0.5, 0.6) is 0 Å². The van der Waals surface area contributed by atoms with Gasteiger partial charge >= 0.3 is 0 Å². The first-order chi connectivity index (χ1) is 13.5. The number of ether oxygens (including phenoxy) is 1. The summed E-state index contributed by atoms with van der Waals surface area (Å²) in [6, 6.07) is 8.71. The first kappa shape index (κ1) is 22.1. The zero-order chi connectivity index (χ0) is 20.4. The molecular formula is C19H23ClN4O3S. The molecule has 0 bridgehead atoms. The second-order valence-electron chi connectivity index (χ2n) is 5.91. The second kappa shape index (κ2) is 11.6. The molecule has 0 spiro atoms. The standard InChI is InChI=1S/C19H23ClN4O3S/c1-27-10-6-9-21-17(25)15(11-13-7-4-3-5-8-13)23-18(26)16-14(20)12-22-19(24-16)28-2/h3-5,7-8,12,15H,6,9-11H2,1-2H3,(H,21,25)(H,23,26)/t15-/m1/s1. The lowest BCUT2D eigenvalue weighted by atomic mass is 10.0. The molecule has 0 radical (unpaired) electrons. The van der Waals surface area contributed by atoms with Crippen LogP contribution in [0.15, 0.2) is 41.7 Å². The molecule has 150 valence electrons. The molecule has 1 aromatic carbocycles. The van der Waals surface area contributed by atoms with E-state index < -0.39 is 11.9 Å². The monoisotopic (exact) mass is 422 g/mol. The van der Waals surface area contributed by atoms with E-state index in [1.807, 2.05) is 30.3 Å². The van der Waals surface area contributed by atoms with Gasteiger partial charge in [-0.1, -0.05) is 53.7 Å². The minimum atomic E-state index is -0.763. The van der Waals surface area contributed by atoms with Crippen molar-refractivity contribution in [3.8, 4) is 0 Å². The molecule has 1 heterocycles. The van der Waals surface area contributed by atoms with Gasteiger partial charge in [0.1, 0.15) is 6.04 Å². The van der Waals surface area contributed by atoms with Crippen molar-refractivity contribution in [2.45, 2.75) is 24.0 Å². The third-order valence-corrected chi connectivity index (χ3v) is 4.69. The Kier molecular flexibility index (Phi) is 9.19. The van der Waals surface area contributed by atoms with E-state index in [0.29, 0.717) is 31.1 Å². The zero-order valence-electron chi connectivity index (χ0n) is 15.8. The van der Waals surface area contributed by atoms with Crippen LogP contribution < -0.4 is 10.6 Å². The van der Waals surface area contributed by atoms with Crippen LogP contribution >= 0.6 is 23.4 Å². The van der Waals surface area contributed by atoms with Gasteiger partial charge in [0.05, 0.1) is 11.2 Å². The molecule has 0 aliphatic heterocycles. The number of carbonyl (C=O) groups is 2. The number of thioether (sulfide) groups is 1. The molecule has 1 aromatic heterocycles. The lowest BCUT2D eigenvalue weighted by Gasteiger charge is -2.19. The highest BCUT2D eigenvalue weighted by Gasteiger charge is 2.24. The van der Waals surface area contributed by atoms with Gasteiger partial charge in [0.15, 0.2) is 10.9 Å². The van der Waals surface area contributed by atoms with Gasteiger partial charge < -0.3 is 15.4 Å². The van der Waals surface area contributed by atoms with Crippen molar-refractivity contribution < 1.29 is 14.3 Å². The molecule has 0 saturated heterocycles. The maximum absolute atomic E-state index is 12.7. The summed E-state index contributed by atoms with van der Waals surface area (Å²) < 4.78 is 4.99. The van der Waals surface area contributed by atoms with Crippen LogP contribution in [-0.2, 0) is 16.0 Å². The van der Waals surface area contributed by atoms with Crippen molar-refractivity contribution in [2.24, 2.45) is 0 Å². The number of benzene rings is 1. The summed E-state index contributed by atoms with van der Waals surface area (Å²) in [5.74, 6) is -0.792. The summed E-state index contributed by atoms with van der Waals surface area (Å²) in [5, 5.41) is 6.14. The van der Waals surface area contributed by atoms with E-state index >= 15 is 0 Å². The Morgan fingerprint density at radius 1 is 1.29 bits per heavy atom. The van der Waals surface area contributed by atoms with Crippen LogP contribution in [0.2, 0.25) is 5.02 Å². The number of nitrogens with zero attached hydrogens (tertiary/aromatic N) is 2. The van der Waals surface area contributed by atoms with Crippen LogP contribution in [0.1, 0.15) is 22.5 Å². The summed E-state index contributed by atoms with van der Waals surface area (Å²) >= 11 is 7.38. The number of carbonyl (C=O) groups excluding carboxylic acids is 2. The predicted molar refractivity (Wildman–Crippen MR) is 110 cm³/mol. The Bertz CT molecular complexity index is 792. The number of aromatic nitrogens is 2. The fraction of sp³-hybridized carbons (Fsp3) is 0.368. The lowest BCUT2D eigenvalue weighted by Crippen LogP contribution is -2.48. The third-order valence-electron chi connectivity index (χ3n) is 3.85. The third kappa shape index (κ3) is 6.78. The van der Waals surface area contributed by atoms with Crippen molar-refractivity contribution in [1.82, 2.24) is 20.6 Å². The highest BCUT2D eigenvalue weighted by Crippen LogP contribution is 2.17. The predicted octanol–water partition coefficient (Wildman–Crippen LogP) is 2.35. The summed E-state index contributed by atoms with van der Waals surface area (Å²) in [4.78, 5) is 33.6. The van der Waals surface area contributed by atoms with Gasteiger partial charge in [0, 0.05) is 26.7 Å². The molecule has 1 atom stereocenters. The Hall–Kier alpha value is -2.16. The normalized spacial score (nSPS) is 11.7. The number of hydrogen-bond acceptors (Lipinski definition) is 6. The number of halogens is 1. The number of nitrogens with one attached hydrogen (secondary N) is 2. The molecule has 0 aliphatic rings. The van der Waals surface area contributed by atoms with Crippen LogP contribution in [0, 0.1) is 0 Å². The molecular weight excluding hydrogens is 400 g/mol. The van der Waals surface area contributed by atoms with Gasteiger partial charge in [-0.3, -0.25) is 9.59 Å². The molecule has 2 aromatic rings. The van der Waals surface area contributed by atoms with Crippen molar-refractivity contribution in [3.05, 3.63) is 52.8 Å². The Balaban J connectivity index is 2.13. The second-order valence-corrected chi connectivity index (χ2v) is 7.09. The van der Waals surface area contributed by atoms with Gasteiger partial charge in [-0.15, -0.1) is 0 Å². The molecule has 2 rings (SSSR count). The van der Waals surface area contributed by atoms with Crippen molar-refractivity contribution >= 4 is 35.2 Å². The van der Waals surface area contributed by atoms with Gasteiger partial charge in [-0.25, -0.2) is 9.97 Å². The summed E-state index contributed by atoms with van der Waals surface area (Å²) in [7, 11) is 1.61. The largest absolute Gasteiger partial charge is 0.385 e. The SMILES string of the molecule is COCCCNC(=O)[C@@H](Cc1ccccc1)NC(=O)c1nc(SC)ncc1Cl. The fourth-order valence-electron chi connectivity index (χ4n) is 2.45. The number of methoxy groups -OCH3 is 1. The molecule has 0 fully saturated rings. The zero-order valence-corrected chi connectivity index (χ0v) is 17.3. The molecule has 0 aliphatic carbocycles. The number of amides is 2. The van der Waals surface area contributed by atoms with E-state index in [0.717, 1.165) is 5.56 Å². The average molecular weight is 423 g/mol. The first-order valence-electron chi connectivity index (χ1n) is 8.73. The first-order valence-corrected chi connectivity index (χ1v) is 10.3. The van der Waals surface area contributed by atoms with Gasteiger partial charge in [0.25, 0.3) is 5.91 Å². The Morgan fingerprint density at radius 3 is 2.71 bits per heavy atom. The minimum absolute atomic E-state index is 0.0475. The van der Waals surface area contributed by atoms with E-state index in [1.165, 1.54) is 18.0 Å². The minimum Gasteiger partial charge on any atom is -0.385 e. The van der Waals surface area contributed by atoms with E-state index in [2.05, 4.69) is 20.6 Å². The number of rotatable bonds is 10. The highest BCUT2D eigenvalue weighted by molar-refractivity contribution is 7.98. The van der Waals surface area contributed by atoms with Crippen molar-refractivity contribution in [1.29, 1.82) is 0 Å². The molecule has 2 N–H and O–H groups in total. The Morgan fingerprint density at radius 2 is 2.04 bits per heavy atom. The smallest absolute Gasteiger partial charge is 0.272 e.